The van der Waals surface area contributed by atoms with Crippen molar-refractivity contribution < 1.29 is 111 Å². The predicted octanol–water partition coefficient (Wildman–Crippen LogP) is 0.270. The summed E-state index contributed by atoms with van der Waals surface area (Å²) in [7, 11) is 0. The Bertz CT molecular complexity index is 5880. The molecule has 3 aromatic heterocycles. The Morgan fingerprint density at radius 3 is 1.91 bits per heavy atom. The lowest BCUT2D eigenvalue weighted by molar-refractivity contribution is -0.142. The number of likely N-dealkylation sites (tertiary alicyclic amines) is 1. The molecule has 4 aliphatic heterocycles. The SMILES string of the molecule is CC(C)C[C@H](NC(=O)[C@@H](CCCn1nnc2c1CC[C@H]1C(CC2)[C@H]1COC(=O)NCCOCCOCCNC(=O)c1ccc2c(c1)C(=O)OC21c2ccc(O)cc2Oc2cc(O)ccc21)NC(=O)[C@H](Cc1ccc(O)cc1)NC(=O)[C@H](CO)NC(=O)[C@H](Cc1c[nH]c2ccccc12)NC(=O)[C@H](Cc1c[nH]cn1)NC(=O)[C@@H]1CCC(=O)N1)C(=O)N[C@@H](CCCNC(=N)N)C(=O)N1CCC[C@H]1C(=O)NNC(N)=O. The highest BCUT2D eigenvalue weighted by Crippen LogP contribution is 2.58. The van der Waals surface area contributed by atoms with E-state index in [1.165, 1.54) is 72.0 Å². The number of phenolic OH excluding ortho intramolecular Hbond substituents is 3. The topological polar surface area (TPSA) is 677 Å². The first kappa shape index (κ1) is 101. The van der Waals surface area contributed by atoms with Gasteiger partial charge in [-0.2, -0.15) is 0 Å². The first-order valence-electron chi connectivity index (χ1n) is 46.9. The summed E-state index contributed by atoms with van der Waals surface area (Å²) >= 11 is 0. The zero-order chi connectivity index (χ0) is 100. The Hall–Kier alpha value is -15.5. The lowest BCUT2D eigenvalue weighted by Crippen LogP contribution is -2.61. The summed E-state index contributed by atoms with van der Waals surface area (Å²) in [5.74, 6) is -9.45. The third-order valence-electron chi connectivity index (χ3n) is 25.8. The van der Waals surface area contributed by atoms with Crippen molar-refractivity contribution in [3.05, 3.63) is 178 Å². The Kier molecular flexibility index (Phi) is 33.7. The number of benzene rings is 5. The normalized spacial score (nSPS) is 18.2. The van der Waals surface area contributed by atoms with Gasteiger partial charge in [0.25, 0.3) is 11.8 Å². The molecular formula is C95H117N23O23. The first-order valence-corrected chi connectivity index (χ1v) is 46.9. The number of nitrogens with zero attached hydrogens (tertiary/aromatic N) is 5. The van der Waals surface area contributed by atoms with Crippen LogP contribution in [0.1, 0.15) is 150 Å². The van der Waals surface area contributed by atoms with Gasteiger partial charge in [0, 0.05) is 116 Å². The number of esters is 1. The van der Waals surface area contributed by atoms with E-state index in [1.54, 1.807) is 73.3 Å². The Morgan fingerprint density at radius 1 is 0.617 bits per heavy atom. The molecule has 1 unspecified atom stereocenters. The number of aliphatic hydroxyl groups excluding tert-OH is 1. The molecule has 1 spiro atoms. The summed E-state index contributed by atoms with van der Waals surface area (Å²) in [5.41, 5.74) is 18.7. The van der Waals surface area contributed by atoms with Crippen LogP contribution in [0, 0.1) is 29.1 Å². The highest BCUT2D eigenvalue weighted by molar-refractivity contribution is 6.03. The van der Waals surface area contributed by atoms with Gasteiger partial charge in [0.1, 0.15) is 83.1 Å². The van der Waals surface area contributed by atoms with Gasteiger partial charge in [0.05, 0.1) is 68.6 Å². The van der Waals surface area contributed by atoms with Crippen LogP contribution < -0.4 is 85.5 Å². The number of nitrogens with one attached hydrogen (secondary N) is 16. The third-order valence-corrected chi connectivity index (χ3v) is 25.8. The number of fused-ring (bicyclic) bond motifs is 9. The summed E-state index contributed by atoms with van der Waals surface area (Å²) in [6.07, 6.45) is 6.33. The van der Waals surface area contributed by atoms with Gasteiger partial charge in [-0.3, -0.25) is 63.6 Å². The number of aromatic hydroxyl groups is 3. The van der Waals surface area contributed by atoms with E-state index in [2.05, 4.69) is 89.2 Å². The van der Waals surface area contributed by atoms with Gasteiger partial charge < -0.3 is 129 Å². The number of hydrogen-bond donors (Lipinski definition) is 22. The number of aliphatic hydroxyl groups is 1. The molecule has 12 atom stereocenters. The zero-order valence-corrected chi connectivity index (χ0v) is 77.6. The molecule has 8 aromatic rings. The standard InChI is InChI=1S/C95H117N23O23/c1-50(2)38-71(84(127)107-70(10-5-29-101-92(96)97)90(133)117-32-7-12-77(117)89(132)114-115-93(98)135)108-82(125)68(106-85(128)72(39-51-13-16-55(120)17-14-51)109-88(131)75(47-119)112-86(129)73(41-53-45-103-66-9-4-3-8-58(53)66)110-87(130)74(42-54-46-99-49-104-54)111-83(126)69-26-28-80(123)105-69)11-6-33-118-76-27-21-60-59(20-25-67(76)113-116-118)62(60)48-139-94(136)102-31-35-138-37-36-137-34-30-100-81(124)52-15-22-63-61(40-52)91(134)141-95(63)64-23-18-56(121)43-78(64)140-79-44-57(122)19-24-65(79)95/h3-4,8-9,13-19,22-24,40,43-46,49-50,59-60,62,68-75,77,103,119-122H,5-7,10-12,20-21,25-39,41-42,47-48H2,1-2H3,(H,99,104)(H,100,124)(H,102,136)(H,105,123)(H,106,128)(H,107,127)(H,108,125)(H,109,131)(H,110,130)(H,111,126)(H,112,129)(H,114,132)(H4,96,97,101)(H3,98,115,135)/t59?,60-,62+,68+,69-,70-,71-,72-,73-,74-,75-,77-/m0/s1. The molecule has 3 fully saturated rings. The Morgan fingerprint density at radius 2 is 1.24 bits per heavy atom. The molecule has 7 heterocycles. The maximum atomic E-state index is 15.5. The van der Waals surface area contributed by atoms with Crippen LogP contribution in [0.3, 0.4) is 0 Å². The van der Waals surface area contributed by atoms with E-state index < -0.39 is 144 Å². The summed E-state index contributed by atoms with van der Waals surface area (Å²) in [6, 6.07) is 12.3. The molecule has 5 aromatic carbocycles. The average molecular weight is 1950 g/mol. The van der Waals surface area contributed by atoms with Gasteiger partial charge in [-0.05, 0) is 166 Å². The minimum atomic E-state index is -1.86. The van der Waals surface area contributed by atoms with Crippen LogP contribution in [0.15, 0.2) is 122 Å². The first-order chi connectivity index (χ1) is 67.9. The number of para-hydroxylation sites is 1. The molecule has 46 nitrogen and oxygen atoms in total. The highest BCUT2D eigenvalue weighted by atomic mass is 16.6. The maximum Gasteiger partial charge on any atom is 0.407 e. The highest BCUT2D eigenvalue weighted by Gasteiger charge is 2.55. The van der Waals surface area contributed by atoms with Gasteiger partial charge >= 0.3 is 18.1 Å². The summed E-state index contributed by atoms with van der Waals surface area (Å²) < 4.78 is 30.9. The number of amides is 14. The van der Waals surface area contributed by atoms with Crippen LogP contribution in [0.2, 0.25) is 0 Å². The van der Waals surface area contributed by atoms with E-state index in [4.69, 9.17) is 40.6 Å². The number of primary amides is 1. The number of rotatable bonds is 45. The van der Waals surface area contributed by atoms with Crippen molar-refractivity contribution in [1.82, 2.24) is 104 Å². The minimum absolute atomic E-state index is 0.0407. The zero-order valence-electron chi connectivity index (χ0n) is 77.6. The van der Waals surface area contributed by atoms with Crippen molar-refractivity contribution in [2.24, 2.45) is 35.1 Å². The van der Waals surface area contributed by atoms with E-state index in [-0.39, 0.29) is 212 Å². The van der Waals surface area contributed by atoms with Crippen molar-refractivity contribution in [2.45, 2.75) is 183 Å². The number of aryl methyl sites for hydroxylation is 2. The number of hydrazine groups is 1. The molecule has 141 heavy (non-hydrogen) atoms. The quantitative estimate of drug-likeness (QED) is 0.00801. The number of hydrogen-bond acceptors (Lipinski definition) is 27. The number of carbonyl (C=O) groups is 14. The van der Waals surface area contributed by atoms with Crippen LogP contribution >= 0.6 is 0 Å². The average Bonchev–Trinajstić information content (AvgIpc) is 1.57. The van der Waals surface area contributed by atoms with Crippen LogP contribution in [0.5, 0.6) is 28.7 Å². The third kappa shape index (κ3) is 25.7. The molecule has 0 radical (unpaired) electrons. The van der Waals surface area contributed by atoms with Gasteiger partial charge in [-0.25, -0.2) is 29.5 Å². The molecule has 14 amide bonds. The van der Waals surface area contributed by atoms with Crippen molar-refractivity contribution in [1.29, 1.82) is 5.41 Å². The van der Waals surface area contributed by atoms with Crippen LogP contribution in [0.25, 0.3) is 10.9 Å². The van der Waals surface area contributed by atoms with E-state index in [0.29, 0.717) is 76.5 Å². The van der Waals surface area contributed by atoms with Gasteiger partial charge in [0.15, 0.2) is 11.6 Å². The van der Waals surface area contributed by atoms with E-state index in [1.807, 2.05) is 5.43 Å². The maximum absolute atomic E-state index is 15.5. The molecule has 46 heteroatoms. The fourth-order valence-corrected chi connectivity index (χ4v) is 18.7. The number of aromatic nitrogens is 6. The number of carbonyl (C=O) groups excluding carboxylic acids is 14. The number of nitrogens with two attached hydrogens (primary N) is 2. The lowest BCUT2D eigenvalue weighted by atomic mass is 9.77. The molecule has 0 bridgehead atoms. The number of urea groups is 1. The minimum Gasteiger partial charge on any atom is -0.508 e. The number of imidazole rings is 1. The summed E-state index contributed by atoms with van der Waals surface area (Å²) in [5, 5.41) is 89.4. The van der Waals surface area contributed by atoms with Crippen molar-refractivity contribution in [3.63, 3.8) is 0 Å². The fourth-order valence-electron chi connectivity index (χ4n) is 18.7. The molecule has 24 N–H and O–H groups in total. The summed E-state index contributed by atoms with van der Waals surface area (Å²) in [4.78, 5) is 207. The second-order valence-electron chi connectivity index (χ2n) is 36.0. The lowest BCUT2D eigenvalue weighted by Gasteiger charge is -2.36. The van der Waals surface area contributed by atoms with Crippen molar-refractivity contribution >= 4 is 99.9 Å². The second-order valence-corrected chi connectivity index (χ2v) is 36.0. The van der Waals surface area contributed by atoms with Crippen LogP contribution in [-0.4, -0.2) is 265 Å². The van der Waals surface area contributed by atoms with Crippen molar-refractivity contribution in [3.8, 4) is 28.7 Å². The second kappa shape index (κ2) is 46.8. The predicted molar refractivity (Wildman–Crippen MR) is 500 cm³/mol. The largest absolute Gasteiger partial charge is 0.508 e. The number of guanidine groups is 1. The van der Waals surface area contributed by atoms with Crippen LogP contribution in [0.4, 0.5) is 9.59 Å². The molecule has 6 aliphatic rings. The number of ether oxygens (including phenoxy) is 5. The molecule has 1 saturated carbocycles. The van der Waals surface area contributed by atoms with E-state index >= 15 is 14.4 Å². The Labute approximate surface area is 807 Å². The molecule has 2 saturated heterocycles. The Balaban J connectivity index is 0.607. The van der Waals surface area contributed by atoms with E-state index in [9.17, 15) is 73.2 Å². The van der Waals surface area contributed by atoms with E-state index in [0.717, 1.165) is 11.4 Å². The number of H-pyrrole nitrogens is 2. The molecule has 750 valence electrons. The van der Waals surface area contributed by atoms with Gasteiger partial charge in [0.2, 0.25) is 53.2 Å². The molecule has 2 aliphatic carbocycles. The monoisotopic (exact) mass is 1950 g/mol. The van der Waals surface area contributed by atoms with Gasteiger partial charge in [-0.15, -0.1) is 5.10 Å². The fraction of sp³-hybridized carbons (Fsp3) is 0.453. The smallest absolute Gasteiger partial charge is 0.407 e. The van der Waals surface area contributed by atoms with Gasteiger partial charge in [-0.1, -0.05) is 55.5 Å². The summed E-state index contributed by atoms with van der Waals surface area (Å²) in [6.45, 7) is 3.80. The number of alkyl carbamates (subject to hydrolysis) is 1. The molecule has 14 rings (SSSR count). The number of aromatic amines is 2. The number of phenols is 3. The van der Waals surface area contributed by atoms with Crippen LogP contribution in [-0.2, 0) is 111 Å². The van der Waals surface area contributed by atoms with Crippen molar-refractivity contribution in [2.75, 3.05) is 65.8 Å². The molecular weight excluding hydrogens is 1830 g/mol.